The highest BCUT2D eigenvalue weighted by Gasteiger charge is 2.05. The molecule has 2 aromatic rings. The fourth-order valence-corrected chi connectivity index (χ4v) is 2.20. The zero-order valence-electron chi connectivity index (χ0n) is 11.9. The maximum Gasteiger partial charge on any atom is 0.126 e. The molecule has 1 heterocycles. The van der Waals surface area contributed by atoms with Crippen molar-refractivity contribution in [3.8, 4) is 0 Å². The van der Waals surface area contributed by atoms with Gasteiger partial charge in [-0.25, -0.2) is 4.98 Å². The number of hydrogen-bond donors (Lipinski definition) is 1. The highest BCUT2D eigenvalue weighted by molar-refractivity contribution is 5.53. The molecule has 0 bridgehead atoms. The summed E-state index contributed by atoms with van der Waals surface area (Å²) in [7, 11) is 2.12. The molecule has 3 heteroatoms. The van der Waals surface area contributed by atoms with Crippen LogP contribution in [0.15, 0.2) is 42.6 Å². The molecule has 0 aliphatic rings. The number of nitrogens with one attached hydrogen (secondary N) is 1. The fourth-order valence-electron chi connectivity index (χ4n) is 2.20. The van der Waals surface area contributed by atoms with Gasteiger partial charge < -0.3 is 10.2 Å². The van der Waals surface area contributed by atoms with Gasteiger partial charge in [0.15, 0.2) is 0 Å². The Morgan fingerprint density at radius 3 is 2.74 bits per heavy atom. The molecule has 3 nitrogen and oxygen atoms in total. The van der Waals surface area contributed by atoms with E-state index >= 15 is 0 Å². The van der Waals surface area contributed by atoms with E-state index < -0.39 is 0 Å². The first kappa shape index (κ1) is 13.4. The van der Waals surface area contributed by atoms with Crippen LogP contribution in [0.1, 0.15) is 18.1 Å². The van der Waals surface area contributed by atoms with Crippen molar-refractivity contribution >= 4 is 11.5 Å². The van der Waals surface area contributed by atoms with E-state index in [1.54, 1.807) is 0 Å². The Balaban J connectivity index is 2.12. The number of hydrogen-bond acceptors (Lipinski definition) is 3. The number of pyridine rings is 1. The summed E-state index contributed by atoms with van der Waals surface area (Å²) in [5, 5.41) is 3.24. The highest BCUT2D eigenvalue weighted by Crippen LogP contribution is 2.20. The van der Waals surface area contributed by atoms with Crippen LogP contribution < -0.4 is 10.2 Å². The summed E-state index contributed by atoms with van der Waals surface area (Å²) in [6.45, 7) is 5.99. The molecule has 1 N–H and O–H groups in total. The van der Waals surface area contributed by atoms with Gasteiger partial charge in [-0.1, -0.05) is 18.2 Å². The van der Waals surface area contributed by atoms with Gasteiger partial charge in [0.05, 0.1) is 0 Å². The van der Waals surface area contributed by atoms with Crippen molar-refractivity contribution in [1.29, 1.82) is 0 Å². The molecule has 0 saturated carbocycles. The maximum absolute atomic E-state index is 4.30. The van der Waals surface area contributed by atoms with Gasteiger partial charge >= 0.3 is 0 Å². The topological polar surface area (TPSA) is 28.2 Å². The summed E-state index contributed by atoms with van der Waals surface area (Å²) in [5.74, 6) is 0.943. The van der Waals surface area contributed by atoms with Crippen molar-refractivity contribution in [2.75, 3.05) is 23.8 Å². The molecule has 0 spiro atoms. The summed E-state index contributed by atoms with van der Waals surface area (Å²) in [6, 6.07) is 12.6. The molecule has 0 fully saturated rings. The summed E-state index contributed by atoms with van der Waals surface area (Å²) >= 11 is 0. The number of nitrogens with zero attached hydrogens (tertiary/aromatic N) is 2. The second-order valence-electron chi connectivity index (χ2n) is 4.72. The van der Waals surface area contributed by atoms with Crippen LogP contribution in [0, 0.1) is 6.92 Å². The fraction of sp³-hybridized carbons (Fsp3) is 0.312. The quantitative estimate of drug-likeness (QED) is 0.887. The second kappa shape index (κ2) is 6.23. The average molecular weight is 255 g/mol. The van der Waals surface area contributed by atoms with Crippen molar-refractivity contribution in [2.45, 2.75) is 20.4 Å². The molecule has 19 heavy (non-hydrogen) atoms. The zero-order valence-corrected chi connectivity index (χ0v) is 11.9. The molecule has 0 atom stereocenters. The Morgan fingerprint density at radius 2 is 2.00 bits per heavy atom. The van der Waals surface area contributed by atoms with E-state index in [4.69, 9.17) is 0 Å². The minimum atomic E-state index is 0.881. The van der Waals surface area contributed by atoms with E-state index in [2.05, 4.69) is 72.5 Å². The Hall–Kier alpha value is -2.03. The lowest BCUT2D eigenvalue weighted by Crippen LogP contribution is -2.17. The van der Waals surface area contributed by atoms with Crippen LogP contribution in [-0.2, 0) is 6.54 Å². The summed E-state index contributed by atoms with van der Waals surface area (Å²) in [4.78, 5) is 6.56. The number of para-hydroxylation sites is 1. The standard InChI is InChI=1S/C16H21N3/c1-4-17-16-11-14(9-10-18-16)12-19(3)15-8-6-5-7-13(15)2/h5-11H,4,12H2,1-3H3,(H,17,18). The number of aromatic nitrogens is 1. The molecular weight excluding hydrogens is 234 g/mol. The maximum atomic E-state index is 4.30. The van der Waals surface area contributed by atoms with Crippen molar-refractivity contribution < 1.29 is 0 Å². The van der Waals surface area contributed by atoms with Gasteiger partial charge in [-0.3, -0.25) is 0 Å². The molecule has 0 saturated heterocycles. The molecule has 0 unspecified atom stereocenters. The molecule has 0 radical (unpaired) electrons. The van der Waals surface area contributed by atoms with Crippen LogP contribution in [0.2, 0.25) is 0 Å². The third-order valence-electron chi connectivity index (χ3n) is 3.13. The van der Waals surface area contributed by atoms with Gasteiger partial charge in [0.1, 0.15) is 5.82 Å². The summed E-state index contributed by atoms with van der Waals surface area (Å²) < 4.78 is 0. The van der Waals surface area contributed by atoms with E-state index in [9.17, 15) is 0 Å². The van der Waals surface area contributed by atoms with Crippen molar-refractivity contribution in [3.63, 3.8) is 0 Å². The minimum Gasteiger partial charge on any atom is -0.370 e. The first-order chi connectivity index (χ1) is 9.20. The Bertz CT molecular complexity index is 537. The highest BCUT2D eigenvalue weighted by atomic mass is 15.1. The SMILES string of the molecule is CCNc1cc(CN(C)c2ccccc2C)ccn1. The summed E-state index contributed by atoms with van der Waals surface area (Å²) in [5.41, 5.74) is 3.83. The van der Waals surface area contributed by atoms with E-state index in [1.807, 2.05) is 6.20 Å². The Morgan fingerprint density at radius 1 is 1.21 bits per heavy atom. The lowest BCUT2D eigenvalue weighted by molar-refractivity contribution is 0.914. The molecule has 0 aliphatic carbocycles. The van der Waals surface area contributed by atoms with E-state index in [0.717, 1.165) is 18.9 Å². The third kappa shape index (κ3) is 3.47. The van der Waals surface area contributed by atoms with Crippen molar-refractivity contribution in [3.05, 3.63) is 53.7 Å². The Labute approximate surface area is 115 Å². The average Bonchev–Trinajstić information content (AvgIpc) is 2.40. The van der Waals surface area contributed by atoms with Crippen molar-refractivity contribution in [2.24, 2.45) is 0 Å². The van der Waals surface area contributed by atoms with E-state index in [0.29, 0.717) is 0 Å². The van der Waals surface area contributed by atoms with Gasteiger partial charge in [-0.15, -0.1) is 0 Å². The van der Waals surface area contributed by atoms with Gasteiger partial charge in [0.25, 0.3) is 0 Å². The molecule has 0 aliphatic heterocycles. The first-order valence-electron chi connectivity index (χ1n) is 6.66. The van der Waals surface area contributed by atoms with Crippen LogP contribution in [-0.4, -0.2) is 18.6 Å². The largest absolute Gasteiger partial charge is 0.370 e. The zero-order chi connectivity index (χ0) is 13.7. The van der Waals surface area contributed by atoms with Crippen LogP contribution in [0.5, 0.6) is 0 Å². The van der Waals surface area contributed by atoms with E-state index in [1.165, 1.54) is 16.8 Å². The number of aryl methyl sites for hydroxylation is 1. The summed E-state index contributed by atoms with van der Waals surface area (Å²) in [6.07, 6.45) is 1.86. The van der Waals surface area contributed by atoms with Gasteiger partial charge in [0, 0.05) is 32.0 Å². The van der Waals surface area contributed by atoms with Crippen LogP contribution in [0.3, 0.4) is 0 Å². The number of anilines is 2. The van der Waals surface area contributed by atoms with E-state index in [-0.39, 0.29) is 0 Å². The van der Waals surface area contributed by atoms with Gasteiger partial charge in [0.2, 0.25) is 0 Å². The first-order valence-corrected chi connectivity index (χ1v) is 6.66. The Kier molecular flexibility index (Phi) is 4.39. The number of benzene rings is 1. The molecule has 0 amide bonds. The lowest BCUT2D eigenvalue weighted by atomic mass is 10.1. The normalized spacial score (nSPS) is 10.3. The van der Waals surface area contributed by atoms with Crippen molar-refractivity contribution in [1.82, 2.24) is 4.98 Å². The smallest absolute Gasteiger partial charge is 0.126 e. The molecular formula is C16H21N3. The molecule has 1 aromatic heterocycles. The molecule has 100 valence electrons. The minimum absolute atomic E-state index is 0.881. The van der Waals surface area contributed by atoms with Crippen LogP contribution in [0.4, 0.5) is 11.5 Å². The molecule has 1 aromatic carbocycles. The van der Waals surface area contributed by atoms with Crippen LogP contribution >= 0.6 is 0 Å². The third-order valence-corrected chi connectivity index (χ3v) is 3.13. The van der Waals surface area contributed by atoms with Crippen LogP contribution in [0.25, 0.3) is 0 Å². The van der Waals surface area contributed by atoms with Gasteiger partial charge in [-0.2, -0.15) is 0 Å². The predicted molar refractivity (Wildman–Crippen MR) is 81.7 cm³/mol. The van der Waals surface area contributed by atoms with Gasteiger partial charge in [-0.05, 0) is 43.2 Å². The second-order valence-corrected chi connectivity index (χ2v) is 4.72. The lowest BCUT2D eigenvalue weighted by Gasteiger charge is -2.21. The monoisotopic (exact) mass is 255 g/mol. The molecule has 2 rings (SSSR count). The predicted octanol–water partition coefficient (Wildman–Crippen LogP) is 3.46. The number of rotatable bonds is 5.